The number of nitrogens with zero attached hydrogens (tertiary/aromatic N) is 1. The fraction of sp³-hybridized carbons (Fsp3) is 0.294. The Morgan fingerprint density at radius 3 is 2.57 bits per heavy atom. The number of halogens is 2. The van der Waals surface area contributed by atoms with Crippen molar-refractivity contribution in [2.24, 2.45) is 0 Å². The lowest BCUT2D eigenvalue weighted by atomic mass is 9.98. The van der Waals surface area contributed by atoms with Crippen molar-refractivity contribution in [3.63, 3.8) is 0 Å². The second kappa shape index (κ2) is 5.45. The number of rotatable bonds is 3. The molecule has 1 N–H and O–H groups in total. The van der Waals surface area contributed by atoms with Gasteiger partial charge in [-0.05, 0) is 41.3 Å². The SMILES string of the molecule is CN1CCc2cc(C(O)Cc3cc(F)cc(F)c3)ccc21. The summed E-state index contributed by atoms with van der Waals surface area (Å²) in [6.45, 7) is 0.976. The summed E-state index contributed by atoms with van der Waals surface area (Å²) in [7, 11) is 2.04. The summed E-state index contributed by atoms with van der Waals surface area (Å²) in [6, 6.07) is 9.20. The minimum absolute atomic E-state index is 0.198. The zero-order valence-corrected chi connectivity index (χ0v) is 11.8. The Balaban J connectivity index is 1.81. The van der Waals surface area contributed by atoms with Crippen LogP contribution in [0, 0.1) is 11.6 Å². The highest BCUT2D eigenvalue weighted by molar-refractivity contribution is 5.58. The number of hydrogen-bond donors (Lipinski definition) is 1. The second-order valence-corrected chi connectivity index (χ2v) is 5.56. The van der Waals surface area contributed by atoms with Crippen molar-refractivity contribution in [1.82, 2.24) is 0 Å². The predicted octanol–water partition coefficient (Wildman–Crippen LogP) is 3.23. The van der Waals surface area contributed by atoms with Gasteiger partial charge in [0.15, 0.2) is 0 Å². The fourth-order valence-electron chi connectivity index (χ4n) is 2.86. The third kappa shape index (κ3) is 2.90. The molecule has 1 atom stereocenters. The molecule has 0 spiro atoms. The predicted molar refractivity (Wildman–Crippen MR) is 78.4 cm³/mol. The molecule has 110 valence electrons. The molecule has 2 aromatic carbocycles. The van der Waals surface area contributed by atoms with Gasteiger partial charge in [0, 0.05) is 31.8 Å². The van der Waals surface area contributed by atoms with E-state index >= 15 is 0 Å². The van der Waals surface area contributed by atoms with E-state index in [0.29, 0.717) is 5.56 Å². The third-order valence-corrected chi connectivity index (χ3v) is 3.97. The van der Waals surface area contributed by atoms with Crippen LogP contribution in [0.2, 0.25) is 0 Å². The summed E-state index contributed by atoms with van der Waals surface area (Å²) in [4.78, 5) is 2.17. The van der Waals surface area contributed by atoms with E-state index in [-0.39, 0.29) is 6.42 Å². The summed E-state index contributed by atoms with van der Waals surface area (Å²) < 4.78 is 26.4. The van der Waals surface area contributed by atoms with E-state index < -0.39 is 17.7 Å². The number of benzene rings is 2. The largest absolute Gasteiger partial charge is 0.388 e. The molecule has 0 aliphatic carbocycles. The molecule has 1 heterocycles. The van der Waals surface area contributed by atoms with Crippen molar-refractivity contribution in [2.45, 2.75) is 18.9 Å². The molecule has 0 amide bonds. The highest BCUT2D eigenvalue weighted by Crippen LogP contribution is 2.30. The summed E-state index contributed by atoms with van der Waals surface area (Å²) in [5.74, 6) is -1.24. The van der Waals surface area contributed by atoms with Crippen LogP contribution < -0.4 is 4.90 Å². The van der Waals surface area contributed by atoms with Crippen LogP contribution in [-0.4, -0.2) is 18.7 Å². The molecule has 2 aromatic rings. The van der Waals surface area contributed by atoms with Crippen LogP contribution in [0.15, 0.2) is 36.4 Å². The van der Waals surface area contributed by atoms with Crippen LogP contribution in [0.3, 0.4) is 0 Å². The molecule has 3 rings (SSSR count). The number of hydrogen-bond acceptors (Lipinski definition) is 2. The Morgan fingerprint density at radius 2 is 1.86 bits per heavy atom. The van der Waals surface area contributed by atoms with E-state index in [1.165, 1.54) is 23.4 Å². The normalized spacial score (nSPS) is 15.1. The van der Waals surface area contributed by atoms with Gasteiger partial charge in [-0.25, -0.2) is 8.78 Å². The minimum atomic E-state index is -0.762. The molecular weight excluding hydrogens is 272 g/mol. The molecule has 4 heteroatoms. The van der Waals surface area contributed by atoms with Gasteiger partial charge in [-0.1, -0.05) is 12.1 Å². The lowest BCUT2D eigenvalue weighted by molar-refractivity contribution is 0.178. The molecule has 2 nitrogen and oxygen atoms in total. The number of fused-ring (bicyclic) bond motifs is 1. The van der Waals surface area contributed by atoms with Crippen LogP contribution in [0.5, 0.6) is 0 Å². The van der Waals surface area contributed by atoms with Crippen molar-refractivity contribution in [3.8, 4) is 0 Å². The van der Waals surface area contributed by atoms with Gasteiger partial charge >= 0.3 is 0 Å². The number of anilines is 1. The zero-order chi connectivity index (χ0) is 15.0. The van der Waals surface area contributed by atoms with Crippen LogP contribution in [0.25, 0.3) is 0 Å². The molecule has 0 saturated heterocycles. The van der Waals surface area contributed by atoms with Gasteiger partial charge in [0.05, 0.1) is 6.10 Å². The van der Waals surface area contributed by atoms with Crippen molar-refractivity contribution in [1.29, 1.82) is 0 Å². The standard InChI is InChI=1S/C17H17F2NO/c1-20-5-4-12-9-13(2-3-16(12)20)17(21)8-11-6-14(18)10-15(19)7-11/h2-3,6-7,9-10,17,21H,4-5,8H2,1H3. The minimum Gasteiger partial charge on any atom is -0.388 e. The van der Waals surface area contributed by atoms with Crippen LogP contribution in [0.4, 0.5) is 14.5 Å². The first-order valence-electron chi connectivity index (χ1n) is 7.00. The van der Waals surface area contributed by atoms with E-state index in [1.54, 1.807) is 0 Å². The smallest absolute Gasteiger partial charge is 0.126 e. The second-order valence-electron chi connectivity index (χ2n) is 5.56. The van der Waals surface area contributed by atoms with E-state index in [0.717, 1.165) is 24.6 Å². The van der Waals surface area contributed by atoms with Crippen LogP contribution >= 0.6 is 0 Å². The van der Waals surface area contributed by atoms with E-state index in [1.807, 2.05) is 25.2 Å². The van der Waals surface area contributed by atoms with Crippen molar-refractivity contribution in [3.05, 3.63) is 64.7 Å². The topological polar surface area (TPSA) is 23.5 Å². The Bertz CT molecular complexity index is 652. The highest BCUT2D eigenvalue weighted by atomic mass is 19.1. The van der Waals surface area contributed by atoms with Gasteiger partial charge in [0.25, 0.3) is 0 Å². The highest BCUT2D eigenvalue weighted by Gasteiger charge is 2.18. The van der Waals surface area contributed by atoms with Crippen molar-refractivity contribution >= 4 is 5.69 Å². The molecule has 1 unspecified atom stereocenters. The Morgan fingerprint density at radius 1 is 1.14 bits per heavy atom. The number of aliphatic hydroxyl groups is 1. The maximum atomic E-state index is 13.2. The monoisotopic (exact) mass is 289 g/mol. The molecule has 1 aliphatic rings. The first-order chi connectivity index (χ1) is 10.0. The Hall–Kier alpha value is -1.94. The maximum Gasteiger partial charge on any atom is 0.126 e. The van der Waals surface area contributed by atoms with Crippen molar-refractivity contribution in [2.75, 3.05) is 18.5 Å². The number of aliphatic hydroxyl groups excluding tert-OH is 1. The van der Waals surface area contributed by atoms with Gasteiger partial charge in [0.2, 0.25) is 0 Å². The summed E-state index contributed by atoms with van der Waals surface area (Å²) in [6.07, 6.45) is 0.395. The molecule has 21 heavy (non-hydrogen) atoms. The van der Waals surface area contributed by atoms with Gasteiger partial charge in [-0.15, -0.1) is 0 Å². The van der Waals surface area contributed by atoms with E-state index in [2.05, 4.69) is 4.90 Å². The first-order valence-corrected chi connectivity index (χ1v) is 7.00. The summed E-state index contributed by atoms with van der Waals surface area (Å²) in [5, 5.41) is 10.3. The maximum absolute atomic E-state index is 13.2. The van der Waals surface area contributed by atoms with Crippen molar-refractivity contribution < 1.29 is 13.9 Å². The Kier molecular flexibility index (Phi) is 3.64. The van der Waals surface area contributed by atoms with Gasteiger partial charge in [-0.2, -0.15) is 0 Å². The number of likely N-dealkylation sites (N-methyl/N-ethyl adjacent to an activating group) is 1. The molecule has 0 saturated carbocycles. The fourth-order valence-corrected chi connectivity index (χ4v) is 2.86. The molecular formula is C17H17F2NO. The molecule has 1 aliphatic heterocycles. The molecule has 0 bridgehead atoms. The quantitative estimate of drug-likeness (QED) is 0.937. The molecule has 0 fully saturated rings. The van der Waals surface area contributed by atoms with E-state index in [4.69, 9.17) is 0 Å². The van der Waals surface area contributed by atoms with Crippen LogP contribution in [0.1, 0.15) is 22.8 Å². The van der Waals surface area contributed by atoms with Gasteiger partial charge in [-0.3, -0.25) is 0 Å². The lowest BCUT2D eigenvalue weighted by Crippen LogP contribution is -2.12. The zero-order valence-electron chi connectivity index (χ0n) is 11.8. The molecule has 0 radical (unpaired) electrons. The Labute approximate surface area is 122 Å². The average molecular weight is 289 g/mol. The first kappa shape index (κ1) is 14.0. The van der Waals surface area contributed by atoms with Gasteiger partial charge < -0.3 is 10.0 Å². The third-order valence-electron chi connectivity index (χ3n) is 3.97. The van der Waals surface area contributed by atoms with Gasteiger partial charge in [0.1, 0.15) is 11.6 Å². The summed E-state index contributed by atoms with van der Waals surface area (Å²) >= 11 is 0. The average Bonchev–Trinajstić information content (AvgIpc) is 2.78. The van der Waals surface area contributed by atoms with Crippen LogP contribution in [-0.2, 0) is 12.8 Å². The summed E-state index contributed by atoms with van der Waals surface area (Å²) in [5.41, 5.74) is 3.63. The lowest BCUT2D eigenvalue weighted by Gasteiger charge is -2.15. The van der Waals surface area contributed by atoms with E-state index in [9.17, 15) is 13.9 Å². The molecule has 0 aromatic heterocycles.